The van der Waals surface area contributed by atoms with Crippen LogP contribution in [0.5, 0.6) is 0 Å². The van der Waals surface area contributed by atoms with Crippen molar-refractivity contribution in [3.8, 4) is 0 Å². The summed E-state index contributed by atoms with van der Waals surface area (Å²) in [6.07, 6.45) is 2.34. The van der Waals surface area contributed by atoms with E-state index in [9.17, 15) is 0 Å². The number of hydrogen-bond acceptors (Lipinski definition) is 2. The van der Waals surface area contributed by atoms with Gasteiger partial charge in [-0.25, -0.2) is 0 Å². The summed E-state index contributed by atoms with van der Waals surface area (Å²) in [6, 6.07) is 7.27. The average molecular weight is 247 g/mol. The molecule has 2 nitrogen and oxygen atoms in total. The lowest BCUT2D eigenvalue weighted by molar-refractivity contribution is 0.0537. The fourth-order valence-corrected chi connectivity index (χ4v) is 2.89. The molecule has 2 rings (SSSR count). The lowest BCUT2D eigenvalue weighted by atomic mass is 9.84. The van der Waals surface area contributed by atoms with E-state index in [-0.39, 0.29) is 0 Å². The minimum absolute atomic E-state index is 0.485. The van der Waals surface area contributed by atoms with Crippen LogP contribution in [-0.2, 0) is 4.74 Å². The quantitative estimate of drug-likeness (QED) is 0.880. The molecule has 1 unspecified atom stereocenters. The zero-order valence-corrected chi connectivity index (χ0v) is 11.8. The topological polar surface area (TPSA) is 21.3 Å². The van der Waals surface area contributed by atoms with Gasteiger partial charge in [-0.3, -0.25) is 0 Å². The van der Waals surface area contributed by atoms with Crippen LogP contribution in [0.4, 0.5) is 0 Å². The molecular formula is C16H25NO. The lowest BCUT2D eigenvalue weighted by Crippen LogP contribution is -2.32. The molecule has 0 bridgehead atoms. The molecule has 18 heavy (non-hydrogen) atoms. The van der Waals surface area contributed by atoms with Crippen LogP contribution < -0.4 is 5.32 Å². The van der Waals surface area contributed by atoms with Gasteiger partial charge >= 0.3 is 0 Å². The van der Waals surface area contributed by atoms with Crippen molar-refractivity contribution < 1.29 is 4.74 Å². The first-order valence-electron chi connectivity index (χ1n) is 7.10. The SMILES string of the molecule is CCNC(c1cc(C)ccc1C)C1CCOCC1. The third-order valence-electron chi connectivity index (χ3n) is 3.93. The van der Waals surface area contributed by atoms with Crippen LogP contribution in [-0.4, -0.2) is 19.8 Å². The highest BCUT2D eigenvalue weighted by Gasteiger charge is 2.25. The van der Waals surface area contributed by atoms with Gasteiger partial charge in [0, 0.05) is 19.3 Å². The van der Waals surface area contributed by atoms with Gasteiger partial charge in [0.2, 0.25) is 0 Å². The van der Waals surface area contributed by atoms with E-state index in [0.29, 0.717) is 12.0 Å². The molecule has 0 radical (unpaired) electrons. The monoisotopic (exact) mass is 247 g/mol. The number of benzene rings is 1. The largest absolute Gasteiger partial charge is 0.381 e. The molecule has 0 amide bonds. The van der Waals surface area contributed by atoms with E-state index < -0.39 is 0 Å². The summed E-state index contributed by atoms with van der Waals surface area (Å²) in [5.41, 5.74) is 4.23. The third-order valence-corrected chi connectivity index (χ3v) is 3.93. The molecular weight excluding hydrogens is 222 g/mol. The maximum absolute atomic E-state index is 5.49. The second-order valence-electron chi connectivity index (χ2n) is 5.35. The highest BCUT2D eigenvalue weighted by molar-refractivity contribution is 5.33. The van der Waals surface area contributed by atoms with Gasteiger partial charge in [0.1, 0.15) is 0 Å². The van der Waals surface area contributed by atoms with Gasteiger partial charge in [-0.05, 0) is 50.3 Å². The summed E-state index contributed by atoms with van der Waals surface area (Å²) in [4.78, 5) is 0. The smallest absolute Gasteiger partial charge is 0.0469 e. The van der Waals surface area contributed by atoms with Crippen molar-refractivity contribution in [2.24, 2.45) is 5.92 Å². The maximum atomic E-state index is 5.49. The molecule has 1 saturated heterocycles. The van der Waals surface area contributed by atoms with Crippen molar-refractivity contribution in [1.29, 1.82) is 0 Å². The van der Waals surface area contributed by atoms with Gasteiger partial charge in [0.25, 0.3) is 0 Å². The Morgan fingerprint density at radius 2 is 2.00 bits per heavy atom. The predicted octanol–water partition coefficient (Wildman–Crippen LogP) is 3.38. The molecule has 2 heteroatoms. The number of rotatable bonds is 4. The predicted molar refractivity (Wildman–Crippen MR) is 75.9 cm³/mol. The highest BCUT2D eigenvalue weighted by atomic mass is 16.5. The van der Waals surface area contributed by atoms with Crippen LogP contribution in [0.2, 0.25) is 0 Å². The summed E-state index contributed by atoms with van der Waals surface area (Å²) in [7, 11) is 0. The van der Waals surface area contributed by atoms with E-state index >= 15 is 0 Å². The van der Waals surface area contributed by atoms with Crippen LogP contribution in [0.25, 0.3) is 0 Å². The van der Waals surface area contributed by atoms with Gasteiger partial charge in [-0.1, -0.05) is 30.7 Å². The zero-order valence-electron chi connectivity index (χ0n) is 11.8. The van der Waals surface area contributed by atoms with Crippen LogP contribution in [0.15, 0.2) is 18.2 Å². The molecule has 100 valence electrons. The minimum atomic E-state index is 0.485. The molecule has 1 N–H and O–H groups in total. The molecule has 0 aromatic heterocycles. The van der Waals surface area contributed by atoms with E-state index in [2.05, 4.69) is 44.3 Å². The summed E-state index contributed by atoms with van der Waals surface area (Å²) in [5, 5.41) is 3.68. The van der Waals surface area contributed by atoms with E-state index in [4.69, 9.17) is 4.74 Å². The molecule has 0 spiro atoms. The Morgan fingerprint density at radius 1 is 1.28 bits per heavy atom. The van der Waals surface area contributed by atoms with E-state index in [1.807, 2.05) is 0 Å². The summed E-state index contributed by atoms with van der Waals surface area (Å²) in [5.74, 6) is 0.708. The first-order valence-corrected chi connectivity index (χ1v) is 7.10. The first-order chi connectivity index (χ1) is 8.72. The van der Waals surface area contributed by atoms with Crippen molar-refractivity contribution in [2.75, 3.05) is 19.8 Å². The second-order valence-corrected chi connectivity index (χ2v) is 5.35. The summed E-state index contributed by atoms with van der Waals surface area (Å²) in [6.45, 7) is 9.44. The third kappa shape index (κ3) is 3.12. The first kappa shape index (κ1) is 13.6. The van der Waals surface area contributed by atoms with Crippen LogP contribution in [0, 0.1) is 19.8 Å². The number of ether oxygens (including phenoxy) is 1. The van der Waals surface area contributed by atoms with E-state index in [1.165, 1.54) is 29.5 Å². The Kier molecular flexibility index (Phi) is 4.79. The van der Waals surface area contributed by atoms with Gasteiger partial charge in [0.05, 0.1) is 0 Å². The minimum Gasteiger partial charge on any atom is -0.381 e. The number of aryl methyl sites for hydroxylation is 2. The second kappa shape index (κ2) is 6.35. The molecule has 0 saturated carbocycles. The zero-order chi connectivity index (χ0) is 13.0. The van der Waals surface area contributed by atoms with Crippen LogP contribution in [0.3, 0.4) is 0 Å². The average Bonchev–Trinajstić information content (AvgIpc) is 2.40. The molecule has 1 aromatic rings. The van der Waals surface area contributed by atoms with Crippen molar-refractivity contribution in [2.45, 2.75) is 39.7 Å². The van der Waals surface area contributed by atoms with Crippen molar-refractivity contribution in [3.05, 3.63) is 34.9 Å². The molecule has 1 fully saturated rings. The van der Waals surface area contributed by atoms with Crippen molar-refractivity contribution in [1.82, 2.24) is 5.32 Å². The molecule has 1 aliphatic heterocycles. The van der Waals surface area contributed by atoms with E-state index in [1.54, 1.807) is 0 Å². The van der Waals surface area contributed by atoms with Gasteiger partial charge in [-0.15, -0.1) is 0 Å². The fraction of sp³-hybridized carbons (Fsp3) is 0.625. The normalized spacial score (nSPS) is 18.8. The lowest BCUT2D eigenvalue weighted by Gasteiger charge is -2.32. The molecule has 0 aliphatic carbocycles. The maximum Gasteiger partial charge on any atom is 0.0469 e. The fourth-order valence-electron chi connectivity index (χ4n) is 2.89. The van der Waals surface area contributed by atoms with Gasteiger partial charge in [0.15, 0.2) is 0 Å². The Bertz CT molecular complexity index is 383. The summed E-state index contributed by atoms with van der Waals surface area (Å²) < 4.78 is 5.49. The number of hydrogen-bond donors (Lipinski definition) is 1. The molecule has 1 aromatic carbocycles. The molecule has 1 heterocycles. The van der Waals surface area contributed by atoms with Gasteiger partial charge < -0.3 is 10.1 Å². The molecule has 1 atom stereocenters. The number of nitrogens with one attached hydrogen (secondary N) is 1. The molecule has 1 aliphatic rings. The van der Waals surface area contributed by atoms with Crippen molar-refractivity contribution in [3.63, 3.8) is 0 Å². The Morgan fingerprint density at radius 3 is 2.67 bits per heavy atom. The van der Waals surface area contributed by atoms with Crippen molar-refractivity contribution >= 4 is 0 Å². The standard InChI is InChI=1S/C16H25NO/c1-4-17-16(14-7-9-18-10-8-14)15-11-12(2)5-6-13(15)3/h5-6,11,14,16-17H,4,7-10H2,1-3H3. The van der Waals surface area contributed by atoms with Crippen LogP contribution in [0.1, 0.15) is 42.5 Å². The van der Waals surface area contributed by atoms with Crippen LogP contribution >= 0.6 is 0 Å². The summed E-state index contributed by atoms with van der Waals surface area (Å²) >= 11 is 0. The van der Waals surface area contributed by atoms with Gasteiger partial charge in [-0.2, -0.15) is 0 Å². The Balaban J connectivity index is 2.24. The Hall–Kier alpha value is -0.860. The highest BCUT2D eigenvalue weighted by Crippen LogP contribution is 2.32. The van der Waals surface area contributed by atoms with E-state index in [0.717, 1.165) is 19.8 Å². The Labute approximate surface area is 111 Å².